The fraction of sp³-hybridized carbons (Fsp3) is 0.533. The molecule has 0 aromatic carbocycles. The smallest absolute Gasteiger partial charge is 0.337 e. The Morgan fingerprint density at radius 1 is 1.38 bits per heavy atom. The predicted octanol–water partition coefficient (Wildman–Crippen LogP) is 1.24. The standard InChI is InChI=1S/C15H21N3O3/c1-18-8-5-11(6-9-18)4-7-16-14(19)13-3-2-12(10-17-13)15(20)21/h2-3,10-11H,4-9H2,1H3,(H,16,19)(H,20,21). The van der Waals surface area contributed by atoms with E-state index < -0.39 is 5.97 Å². The largest absolute Gasteiger partial charge is 0.478 e. The molecule has 1 aliphatic heterocycles. The second-order valence-corrected chi connectivity index (χ2v) is 5.53. The van der Waals surface area contributed by atoms with Crippen molar-refractivity contribution in [3.8, 4) is 0 Å². The van der Waals surface area contributed by atoms with E-state index in [9.17, 15) is 9.59 Å². The first-order valence-electron chi connectivity index (χ1n) is 7.22. The van der Waals surface area contributed by atoms with Gasteiger partial charge in [-0.3, -0.25) is 9.78 Å². The molecule has 1 fully saturated rings. The molecule has 1 amide bonds. The molecular formula is C15H21N3O3. The molecule has 2 heterocycles. The summed E-state index contributed by atoms with van der Waals surface area (Å²) in [7, 11) is 2.13. The van der Waals surface area contributed by atoms with Crippen molar-refractivity contribution in [3.05, 3.63) is 29.6 Å². The van der Waals surface area contributed by atoms with Gasteiger partial charge in [0, 0.05) is 12.7 Å². The lowest BCUT2D eigenvalue weighted by molar-refractivity contribution is 0.0695. The number of piperidine rings is 1. The maximum atomic E-state index is 11.9. The highest BCUT2D eigenvalue weighted by Crippen LogP contribution is 2.18. The summed E-state index contributed by atoms with van der Waals surface area (Å²) in [5.41, 5.74) is 0.334. The molecule has 6 heteroatoms. The molecule has 6 nitrogen and oxygen atoms in total. The predicted molar refractivity (Wildman–Crippen MR) is 78.4 cm³/mol. The van der Waals surface area contributed by atoms with E-state index in [4.69, 9.17) is 5.11 Å². The molecular weight excluding hydrogens is 270 g/mol. The number of aromatic carboxylic acids is 1. The van der Waals surface area contributed by atoms with Crippen LogP contribution in [0.5, 0.6) is 0 Å². The maximum Gasteiger partial charge on any atom is 0.337 e. The lowest BCUT2D eigenvalue weighted by Crippen LogP contribution is -2.32. The SMILES string of the molecule is CN1CCC(CCNC(=O)c2ccc(C(=O)O)cn2)CC1. The van der Waals surface area contributed by atoms with Crippen molar-refractivity contribution in [2.24, 2.45) is 5.92 Å². The molecule has 1 aliphatic rings. The number of hydrogen-bond donors (Lipinski definition) is 2. The third-order valence-corrected chi connectivity index (χ3v) is 3.92. The highest BCUT2D eigenvalue weighted by molar-refractivity contribution is 5.93. The van der Waals surface area contributed by atoms with Crippen LogP contribution in [0.2, 0.25) is 0 Å². The minimum Gasteiger partial charge on any atom is -0.478 e. The van der Waals surface area contributed by atoms with Gasteiger partial charge in [-0.05, 0) is 57.5 Å². The molecule has 0 aliphatic carbocycles. The number of aromatic nitrogens is 1. The van der Waals surface area contributed by atoms with Crippen LogP contribution < -0.4 is 5.32 Å². The number of hydrogen-bond acceptors (Lipinski definition) is 4. The Labute approximate surface area is 124 Å². The van der Waals surface area contributed by atoms with E-state index >= 15 is 0 Å². The third-order valence-electron chi connectivity index (χ3n) is 3.92. The molecule has 0 saturated carbocycles. The molecule has 2 N–H and O–H groups in total. The van der Waals surface area contributed by atoms with E-state index in [1.807, 2.05) is 0 Å². The number of carboxylic acid groups (broad SMARTS) is 1. The number of nitrogens with zero attached hydrogens (tertiary/aromatic N) is 2. The second-order valence-electron chi connectivity index (χ2n) is 5.53. The van der Waals surface area contributed by atoms with E-state index in [0.29, 0.717) is 12.5 Å². The fourth-order valence-electron chi connectivity index (χ4n) is 2.49. The highest BCUT2D eigenvalue weighted by Gasteiger charge is 2.16. The van der Waals surface area contributed by atoms with Crippen molar-refractivity contribution in [2.45, 2.75) is 19.3 Å². The van der Waals surface area contributed by atoms with Crippen LogP contribution >= 0.6 is 0 Å². The van der Waals surface area contributed by atoms with E-state index in [1.54, 1.807) is 0 Å². The Hall–Kier alpha value is -1.95. The number of rotatable bonds is 5. The number of carbonyl (C=O) groups is 2. The van der Waals surface area contributed by atoms with Gasteiger partial charge in [-0.25, -0.2) is 4.79 Å². The van der Waals surface area contributed by atoms with Gasteiger partial charge >= 0.3 is 5.97 Å². The average molecular weight is 291 g/mol. The molecule has 0 spiro atoms. The summed E-state index contributed by atoms with van der Waals surface area (Å²) in [6.45, 7) is 2.88. The molecule has 0 radical (unpaired) electrons. The lowest BCUT2D eigenvalue weighted by Gasteiger charge is -2.28. The molecule has 114 valence electrons. The summed E-state index contributed by atoms with van der Waals surface area (Å²) >= 11 is 0. The Morgan fingerprint density at radius 2 is 2.10 bits per heavy atom. The van der Waals surface area contributed by atoms with Gasteiger partial charge in [-0.1, -0.05) is 0 Å². The summed E-state index contributed by atoms with van der Waals surface area (Å²) in [4.78, 5) is 28.8. The minimum atomic E-state index is -1.04. The van der Waals surface area contributed by atoms with Crippen molar-refractivity contribution >= 4 is 11.9 Å². The number of pyridine rings is 1. The van der Waals surface area contributed by atoms with Gasteiger partial charge in [0.15, 0.2) is 0 Å². The van der Waals surface area contributed by atoms with Crippen LogP contribution in [0, 0.1) is 5.92 Å². The Morgan fingerprint density at radius 3 is 2.67 bits per heavy atom. The molecule has 0 bridgehead atoms. The summed E-state index contributed by atoms with van der Waals surface area (Å²) in [5.74, 6) is -0.625. The first-order chi connectivity index (χ1) is 10.1. The highest BCUT2D eigenvalue weighted by atomic mass is 16.4. The number of carbonyl (C=O) groups excluding carboxylic acids is 1. The van der Waals surface area contributed by atoms with Gasteiger partial charge in [0.1, 0.15) is 5.69 Å². The topological polar surface area (TPSA) is 82.5 Å². The number of nitrogens with one attached hydrogen (secondary N) is 1. The molecule has 0 atom stereocenters. The molecule has 2 rings (SSSR count). The molecule has 21 heavy (non-hydrogen) atoms. The zero-order valence-electron chi connectivity index (χ0n) is 12.2. The molecule has 1 aromatic heterocycles. The van der Waals surface area contributed by atoms with Crippen molar-refractivity contribution in [3.63, 3.8) is 0 Å². The number of carboxylic acids is 1. The summed E-state index contributed by atoms with van der Waals surface area (Å²) in [6, 6.07) is 2.83. The van der Waals surface area contributed by atoms with Crippen molar-refractivity contribution < 1.29 is 14.7 Å². The van der Waals surface area contributed by atoms with Crippen LogP contribution in [0.25, 0.3) is 0 Å². The Bertz CT molecular complexity index is 493. The van der Waals surface area contributed by atoms with E-state index in [2.05, 4.69) is 22.2 Å². The van der Waals surface area contributed by atoms with E-state index in [0.717, 1.165) is 19.5 Å². The zero-order chi connectivity index (χ0) is 15.2. The molecule has 0 unspecified atom stereocenters. The summed E-state index contributed by atoms with van der Waals surface area (Å²) in [5, 5.41) is 11.6. The van der Waals surface area contributed by atoms with Crippen LogP contribution in [0.1, 0.15) is 40.1 Å². The minimum absolute atomic E-state index is 0.0814. The van der Waals surface area contributed by atoms with Gasteiger partial charge in [0.25, 0.3) is 5.91 Å². The van der Waals surface area contributed by atoms with E-state index in [-0.39, 0.29) is 17.2 Å². The van der Waals surface area contributed by atoms with Crippen LogP contribution in [0.3, 0.4) is 0 Å². The normalized spacial score (nSPS) is 16.6. The van der Waals surface area contributed by atoms with Crippen molar-refractivity contribution in [2.75, 3.05) is 26.7 Å². The Kier molecular flexibility index (Phi) is 5.27. The van der Waals surface area contributed by atoms with Crippen LogP contribution in [0.15, 0.2) is 18.3 Å². The summed E-state index contributed by atoms with van der Waals surface area (Å²) in [6.07, 6.45) is 4.54. The van der Waals surface area contributed by atoms with Crippen LogP contribution in [-0.4, -0.2) is 53.5 Å². The van der Waals surface area contributed by atoms with Crippen LogP contribution in [-0.2, 0) is 0 Å². The van der Waals surface area contributed by atoms with Gasteiger partial charge in [-0.15, -0.1) is 0 Å². The van der Waals surface area contributed by atoms with Gasteiger partial charge < -0.3 is 15.3 Å². The molecule has 1 saturated heterocycles. The first kappa shape index (κ1) is 15.4. The number of likely N-dealkylation sites (tertiary alicyclic amines) is 1. The maximum absolute atomic E-state index is 11.9. The third kappa shape index (κ3) is 4.53. The quantitative estimate of drug-likeness (QED) is 0.853. The monoisotopic (exact) mass is 291 g/mol. The molecule has 1 aromatic rings. The van der Waals surface area contributed by atoms with Gasteiger partial charge in [0.05, 0.1) is 5.56 Å². The fourth-order valence-corrected chi connectivity index (χ4v) is 2.49. The second kappa shape index (κ2) is 7.17. The lowest BCUT2D eigenvalue weighted by atomic mass is 9.94. The average Bonchev–Trinajstić information content (AvgIpc) is 2.49. The Balaban J connectivity index is 1.75. The van der Waals surface area contributed by atoms with Gasteiger partial charge in [0.2, 0.25) is 0 Å². The zero-order valence-corrected chi connectivity index (χ0v) is 12.2. The van der Waals surface area contributed by atoms with E-state index in [1.165, 1.54) is 31.2 Å². The van der Waals surface area contributed by atoms with Gasteiger partial charge in [-0.2, -0.15) is 0 Å². The first-order valence-corrected chi connectivity index (χ1v) is 7.22. The number of amides is 1. The van der Waals surface area contributed by atoms with Crippen molar-refractivity contribution in [1.29, 1.82) is 0 Å². The summed E-state index contributed by atoms with van der Waals surface area (Å²) < 4.78 is 0. The van der Waals surface area contributed by atoms with Crippen LogP contribution in [0.4, 0.5) is 0 Å². The van der Waals surface area contributed by atoms with Crippen molar-refractivity contribution in [1.82, 2.24) is 15.2 Å².